The molecular weight excluding hydrogens is 290 g/mol. The summed E-state index contributed by atoms with van der Waals surface area (Å²) in [5.74, 6) is 5.72. The molecule has 0 saturated heterocycles. The second-order valence-electron chi connectivity index (χ2n) is 4.35. The van der Waals surface area contributed by atoms with Crippen molar-refractivity contribution in [3.8, 4) is 11.8 Å². The summed E-state index contributed by atoms with van der Waals surface area (Å²) in [6.07, 6.45) is 0.401. The average Bonchev–Trinajstić information content (AvgIpc) is 2.45. The van der Waals surface area contributed by atoms with E-state index in [2.05, 4.69) is 16.6 Å². The first kappa shape index (κ1) is 17.7. The first-order valence-electron chi connectivity index (χ1n) is 6.79. The maximum Gasteiger partial charge on any atom is 0.240 e. The number of sulfonamides is 1. The van der Waals surface area contributed by atoms with Crippen molar-refractivity contribution in [2.45, 2.75) is 25.2 Å². The fourth-order valence-corrected chi connectivity index (χ4v) is 2.73. The predicted molar refractivity (Wildman–Crippen MR) is 81.4 cm³/mol. The molecule has 0 unspecified atom stereocenters. The van der Waals surface area contributed by atoms with Crippen LogP contribution in [-0.4, -0.2) is 39.9 Å². The Labute approximate surface area is 126 Å². The summed E-state index contributed by atoms with van der Waals surface area (Å²) in [4.78, 5) is 0.212. The monoisotopic (exact) mass is 311 g/mol. The molecule has 0 amide bonds. The summed E-state index contributed by atoms with van der Waals surface area (Å²) < 4.78 is 31.8. The van der Waals surface area contributed by atoms with Crippen molar-refractivity contribution < 1.29 is 18.3 Å². The van der Waals surface area contributed by atoms with Gasteiger partial charge in [-0.1, -0.05) is 11.8 Å². The van der Waals surface area contributed by atoms with Crippen molar-refractivity contribution in [2.24, 2.45) is 0 Å². The minimum absolute atomic E-state index is 0.0161. The number of ether oxygens (including phenoxy) is 1. The molecule has 0 bridgehead atoms. The van der Waals surface area contributed by atoms with Gasteiger partial charge in [-0.2, -0.15) is 0 Å². The molecule has 0 aliphatic heterocycles. The number of rotatable bonds is 7. The zero-order chi connectivity index (χ0) is 15.7. The molecule has 21 heavy (non-hydrogen) atoms. The second kappa shape index (κ2) is 8.80. The van der Waals surface area contributed by atoms with Gasteiger partial charge in [0.25, 0.3) is 0 Å². The van der Waals surface area contributed by atoms with E-state index in [0.717, 1.165) is 11.1 Å². The Morgan fingerprint density at radius 1 is 1.38 bits per heavy atom. The van der Waals surface area contributed by atoms with Crippen molar-refractivity contribution in [3.63, 3.8) is 0 Å². The number of aliphatic hydroxyl groups excluding tert-OH is 1. The van der Waals surface area contributed by atoms with Crippen LogP contribution in [0.3, 0.4) is 0 Å². The highest BCUT2D eigenvalue weighted by Gasteiger charge is 2.14. The van der Waals surface area contributed by atoms with Gasteiger partial charge in [-0.3, -0.25) is 0 Å². The first-order valence-corrected chi connectivity index (χ1v) is 8.27. The van der Waals surface area contributed by atoms with Crippen LogP contribution < -0.4 is 4.72 Å². The normalized spacial score (nSPS) is 11.0. The number of hydrogen-bond acceptors (Lipinski definition) is 4. The van der Waals surface area contributed by atoms with Gasteiger partial charge in [0.1, 0.15) is 0 Å². The highest BCUT2D eigenvalue weighted by molar-refractivity contribution is 7.89. The smallest absolute Gasteiger partial charge is 0.240 e. The van der Waals surface area contributed by atoms with Crippen LogP contribution in [0.1, 0.15) is 24.5 Å². The van der Waals surface area contributed by atoms with Crippen LogP contribution in [0.2, 0.25) is 0 Å². The molecule has 2 N–H and O–H groups in total. The van der Waals surface area contributed by atoms with E-state index in [1.807, 2.05) is 13.8 Å². The highest BCUT2D eigenvalue weighted by Crippen LogP contribution is 2.14. The van der Waals surface area contributed by atoms with E-state index in [0.29, 0.717) is 19.6 Å². The third-order valence-corrected chi connectivity index (χ3v) is 4.17. The van der Waals surface area contributed by atoms with Crippen molar-refractivity contribution in [1.82, 2.24) is 4.72 Å². The van der Waals surface area contributed by atoms with E-state index in [1.54, 1.807) is 12.1 Å². The molecule has 0 aromatic heterocycles. The molecule has 116 valence electrons. The Morgan fingerprint density at radius 3 is 2.76 bits per heavy atom. The van der Waals surface area contributed by atoms with Gasteiger partial charge < -0.3 is 9.84 Å². The Kier molecular flexibility index (Phi) is 7.40. The third-order valence-electron chi connectivity index (χ3n) is 2.71. The Hall–Kier alpha value is -1.39. The lowest BCUT2D eigenvalue weighted by Crippen LogP contribution is -2.27. The van der Waals surface area contributed by atoms with Crippen molar-refractivity contribution in [3.05, 3.63) is 29.3 Å². The highest BCUT2D eigenvalue weighted by atomic mass is 32.2. The van der Waals surface area contributed by atoms with Gasteiger partial charge in [-0.05, 0) is 37.6 Å². The van der Waals surface area contributed by atoms with E-state index in [1.165, 1.54) is 6.07 Å². The zero-order valence-corrected chi connectivity index (χ0v) is 13.2. The molecule has 0 aliphatic carbocycles. The maximum absolute atomic E-state index is 12.1. The number of aryl methyl sites for hydroxylation is 1. The molecule has 0 fully saturated rings. The fraction of sp³-hybridized carbons (Fsp3) is 0.467. The lowest BCUT2D eigenvalue weighted by molar-refractivity contribution is 0.153. The number of aliphatic hydroxyl groups is 1. The van der Waals surface area contributed by atoms with Crippen LogP contribution in [0.5, 0.6) is 0 Å². The third kappa shape index (κ3) is 5.86. The molecule has 1 rings (SSSR count). The molecule has 0 atom stereocenters. The van der Waals surface area contributed by atoms with Crippen molar-refractivity contribution >= 4 is 10.0 Å². The SMILES string of the molecule is CCOCCNS(=O)(=O)c1ccc(C#CCCO)c(C)c1. The summed E-state index contributed by atoms with van der Waals surface area (Å²) in [7, 11) is -3.52. The van der Waals surface area contributed by atoms with Crippen LogP contribution in [0.25, 0.3) is 0 Å². The first-order chi connectivity index (χ1) is 10.0. The quantitative estimate of drug-likeness (QED) is 0.583. The fourth-order valence-electron chi connectivity index (χ4n) is 1.63. The lowest BCUT2D eigenvalue weighted by Gasteiger charge is -2.08. The molecule has 0 aliphatic rings. The Bertz CT molecular complexity index is 614. The maximum atomic E-state index is 12.1. The zero-order valence-electron chi connectivity index (χ0n) is 12.3. The lowest BCUT2D eigenvalue weighted by atomic mass is 10.1. The van der Waals surface area contributed by atoms with E-state index in [-0.39, 0.29) is 18.0 Å². The summed E-state index contributed by atoms with van der Waals surface area (Å²) in [5.41, 5.74) is 1.55. The van der Waals surface area contributed by atoms with Crippen LogP contribution >= 0.6 is 0 Å². The Morgan fingerprint density at radius 2 is 2.14 bits per heavy atom. The van der Waals surface area contributed by atoms with Crippen molar-refractivity contribution in [2.75, 3.05) is 26.4 Å². The summed E-state index contributed by atoms with van der Waals surface area (Å²) >= 11 is 0. The standard InChI is InChI=1S/C15H21NO4S/c1-3-20-11-9-16-21(18,19)15-8-7-14(13(2)12-15)6-4-5-10-17/h7-8,12,16-17H,3,5,9-11H2,1-2H3. The number of benzene rings is 1. The molecule has 0 radical (unpaired) electrons. The molecule has 1 aromatic carbocycles. The van der Waals surface area contributed by atoms with Gasteiger partial charge in [0, 0.05) is 25.1 Å². The molecule has 1 aromatic rings. The van der Waals surface area contributed by atoms with Gasteiger partial charge in [0.05, 0.1) is 18.1 Å². The van der Waals surface area contributed by atoms with Gasteiger partial charge in [0.2, 0.25) is 10.0 Å². The molecule has 0 saturated carbocycles. The van der Waals surface area contributed by atoms with Gasteiger partial charge >= 0.3 is 0 Å². The van der Waals surface area contributed by atoms with Gasteiger partial charge in [-0.15, -0.1) is 0 Å². The van der Waals surface area contributed by atoms with E-state index < -0.39 is 10.0 Å². The molecular formula is C15H21NO4S. The van der Waals surface area contributed by atoms with Crippen LogP contribution in [0, 0.1) is 18.8 Å². The van der Waals surface area contributed by atoms with Crippen LogP contribution in [0.4, 0.5) is 0 Å². The molecule has 5 nitrogen and oxygen atoms in total. The topological polar surface area (TPSA) is 75.6 Å². The Balaban J connectivity index is 2.80. The average molecular weight is 311 g/mol. The van der Waals surface area contributed by atoms with Gasteiger partial charge in [-0.25, -0.2) is 13.1 Å². The predicted octanol–water partition coefficient (Wildman–Crippen LogP) is 1.04. The van der Waals surface area contributed by atoms with Crippen molar-refractivity contribution in [1.29, 1.82) is 0 Å². The minimum Gasteiger partial charge on any atom is -0.395 e. The number of nitrogens with one attached hydrogen (secondary N) is 1. The molecule has 0 heterocycles. The summed E-state index contributed by atoms with van der Waals surface area (Å²) in [6.45, 7) is 4.83. The van der Waals surface area contributed by atoms with Crippen LogP contribution in [0.15, 0.2) is 23.1 Å². The van der Waals surface area contributed by atoms with E-state index in [9.17, 15) is 8.42 Å². The van der Waals surface area contributed by atoms with E-state index in [4.69, 9.17) is 9.84 Å². The molecule has 6 heteroatoms. The summed E-state index contributed by atoms with van der Waals surface area (Å²) in [5, 5.41) is 8.68. The van der Waals surface area contributed by atoms with E-state index >= 15 is 0 Å². The molecule has 0 spiro atoms. The second-order valence-corrected chi connectivity index (χ2v) is 6.11. The summed E-state index contributed by atoms with van der Waals surface area (Å²) in [6, 6.07) is 4.79. The largest absolute Gasteiger partial charge is 0.395 e. The van der Waals surface area contributed by atoms with Crippen LogP contribution in [-0.2, 0) is 14.8 Å². The number of hydrogen-bond donors (Lipinski definition) is 2. The minimum atomic E-state index is -3.52. The van der Waals surface area contributed by atoms with Gasteiger partial charge in [0.15, 0.2) is 0 Å².